The zero-order chi connectivity index (χ0) is 26.6. The highest BCUT2D eigenvalue weighted by atomic mass is 16.5. The molecular weight excluding hydrogens is 474 g/mol. The molecule has 204 valence electrons. The minimum Gasteiger partial charge on any atom is -0.493 e. The third-order valence-corrected chi connectivity index (χ3v) is 8.56. The van der Waals surface area contributed by atoms with Gasteiger partial charge in [-0.25, -0.2) is 0 Å². The van der Waals surface area contributed by atoms with Gasteiger partial charge in [-0.1, -0.05) is 19.3 Å². The number of carbonyl (C=O) groups excluding carboxylic acids is 3. The molecule has 2 saturated carbocycles. The van der Waals surface area contributed by atoms with E-state index in [2.05, 4.69) is 5.32 Å². The highest BCUT2D eigenvalue weighted by molar-refractivity contribution is 5.95. The summed E-state index contributed by atoms with van der Waals surface area (Å²) in [5.41, 5.74) is 5.46. The number of carbonyl (C=O) groups is 3. The van der Waals surface area contributed by atoms with Gasteiger partial charge in [0.2, 0.25) is 23.5 Å². The third kappa shape index (κ3) is 5.36. The summed E-state index contributed by atoms with van der Waals surface area (Å²) in [6, 6.07) is 3.12. The van der Waals surface area contributed by atoms with E-state index < -0.39 is 23.4 Å². The Hall–Kier alpha value is -2.97. The first-order valence-electron chi connectivity index (χ1n) is 13.6. The second-order valence-electron chi connectivity index (χ2n) is 10.7. The first-order chi connectivity index (χ1) is 17.8. The number of hydrogen-bond acceptors (Lipinski definition) is 6. The average molecular weight is 516 g/mol. The standard InChI is InChI=1S/C28H41N3O6/c1-35-21-16-19(17-22(36-2)24(21)37-3)23(18-10-5-4-6-11-18)26(33)31-15-8-7-12-20(31)25(32)30-28(27(29)34)13-9-14-28/h16-18,20,23H,4-15H2,1-3H3,(H2,29,34)(H,30,32)/t20-,23?/m0/s1. The molecule has 1 aromatic carbocycles. The van der Waals surface area contributed by atoms with Gasteiger partial charge in [0.1, 0.15) is 11.6 Å². The quantitative estimate of drug-likeness (QED) is 0.521. The number of benzene rings is 1. The molecule has 4 rings (SSSR count). The summed E-state index contributed by atoms with van der Waals surface area (Å²) in [6.07, 6.45) is 9.40. The second kappa shape index (κ2) is 11.6. The van der Waals surface area contributed by atoms with E-state index in [-0.39, 0.29) is 17.7 Å². The summed E-state index contributed by atoms with van der Waals surface area (Å²) in [5, 5.41) is 2.93. The van der Waals surface area contributed by atoms with Gasteiger partial charge in [0.15, 0.2) is 11.5 Å². The maximum absolute atomic E-state index is 14.4. The molecule has 3 aliphatic rings. The number of primary amides is 1. The molecule has 3 fully saturated rings. The lowest BCUT2D eigenvalue weighted by Crippen LogP contribution is -2.65. The van der Waals surface area contributed by atoms with Crippen molar-refractivity contribution in [3.63, 3.8) is 0 Å². The number of rotatable bonds is 9. The highest BCUT2D eigenvalue weighted by Crippen LogP contribution is 2.45. The van der Waals surface area contributed by atoms with Crippen molar-refractivity contribution in [3.8, 4) is 17.2 Å². The van der Waals surface area contributed by atoms with Crippen molar-refractivity contribution in [1.82, 2.24) is 10.2 Å². The molecule has 0 aromatic heterocycles. The first-order valence-corrected chi connectivity index (χ1v) is 13.6. The van der Waals surface area contributed by atoms with Crippen LogP contribution in [0.15, 0.2) is 12.1 Å². The van der Waals surface area contributed by atoms with Crippen molar-refractivity contribution < 1.29 is 28.6 Å². The van der Waals surface area contributed by atoms with Crippen LogP contribution in [0.4, 0.5) is 0 Å². The zero-order valence-corrected chi connectivity index (χ0v) is 22.3. The van der Waals surface area contributed by atoms with Crippen molar-refractivity contribution in [2.45, 2.75) is 88.1 Å². The topological polar surface area (TPSA) is 120 Å². The van der Waals surface area contributed by atoms with E-state index >= 15 is 0 Å². The van der Waals surface area contributed by atoms with Gasteiger partial charge in [0, 0.05) is 6.54 Å². The molecule has 2 atom stereocenters. The number of amides is 3. The fraction of sp³-hybridized carbons (Fsp3) is 0.679. The van der Waals surface area contributed by atoms with Crippen molar-refractivity contribution in [3.05, 3.63) is 17.7 Å². The predicted molar refractivity (Wildman–Crippen MR) is 139 cm³/mol. The normalized spacial score (nSPS) is 22.4. The van der Waals surface area contributed by atoms with Gasteiger partial charge in [-0.3, -0.25) is 14.4 Å². The number of methoxy groups -OCH3 is 3. The number of hydrogen-bond donors (Lipinski definition) is 2. The van der Waals surface area contributed by atoms with Crippen LogP contribution in [-0.4, -0.2) is 62.1 Å². The molecule has 1 heterocycles. The summed E-state index contributed by atoms with van der Waals surface area (Å²) in [6.45, 7) is 0.508. The Labute approximate surface area is 219 Å². The SMILES string of the molecule is COc1cc(C(C(=O)N2CCCC[C@H]2C(=O)NC2(C(N)=O)CCC2)C2CCCCC2)cc(OC)c1OC. The highest BCUT2D eigenvalue weighted by Gasteiger charge is 2.47. The van der Waals surface area contributed by atoms with Gasteiger partial charge in [0.25, 0.3) is 0 Å². The molecule has 1 aromatic rings. The lowest BCUT2D eigenvalue weighted by atomic mass is 9.75. The largest absolute Gasteiger partial charge is 0.493 e. The Morgan fingerprint density at radius 1 is 0.919 bits per heavy atom. The fourth-order valence-electron chi connectivity index (χ4n) is 6.29. The Morgan fingerprint density at radius 2 is 1.54 bits per heavy atom. The molecule has 37 heavy (non-hydrogen) atoms. The maximum atomic E-state index is 14.4. The summed E-state index contributed by atoms with van der Waals surface area (Å²) < 4.78 is 16.7. The summed E-state index contributed by atoms with van der Waals surface area (Å²) in [7, 11) is 4.69. The Kier molecular flexibility index (Phi) is 8.49. The molecule has 9 nitrogen and oxygen atoms in total. The van der Waals surface area contributed by atoms with Crippen LogP contribution in [0.3, 0.4) is 0 Å². The van der Waals surface area contributed by atoms with Crippen LogP contribution >= 0.6 is 0 Å². The number of nitrogens with zero attached hydrogens (tertiary/aromatic N) is 1. The van der Waals surface area contributed by atoms with Gasteiger partial charge < -0.3 is 30.2 Å². The van der Waals surface area contributed by atoms with E-state index in [9.17, 15) is 14.4 Å². The molecular formula is C28H41N3O6. The lowest BCUT2D eigenvalue weighted by Gasteiger charge is -2.43. The summed E-state index contributed by atoms with van der Waals surface area (Å²) in [4.78, 5) is 41.7. The number of nitrogens with one attached hydrogen (secondary N) is 1. The van der Waals surface area contributed by atoms with Crippen LogP contribution < -0.4 is 25.3 Å². The average Bonchev–Trinajstić information content (AvgIpc) is 2.90. The minimum absolute atomic E-state index is 0.0530. The van der Waals surface area contributed by atoms with Gasteiger partial charge >= 0.3 is 0 Å². The van der Waals surface area contributed by atoms with Gasteiger partial charge in [-0.05, 0) is 75.0 Å². The monoisotopic (exact) mass is 515 g/mol. The van der Waals surface area contributed by atoms with Gasteiger partial charge in [-0.2, -0.15) is 0 Å². The van der Waals surface area contributed by atoms with Gasteiger partial charge in [-0.15, -0.1) is 0 Å². The maximum Gasteiger partial charge on any atom is 0.243 e. The molecule has 0 radical (unpaired) electrons. The van der Waals surface area contributed by atoms with Crippen molar-refractivity contribution in [2.24, 2.45) is 11.7 Å². The van der Waals surface area contributed by atoms with Crippen molar-refractivity contribution in [2.75, 3.05) is 27.9 Å². The molecule has 1 saturated heterocycles. The first kappa shape index (κ1) is 27.1. The van der Waals surface area contributed by atoms with E-state index in [1.54, 1.807) is 26.2 Å². The van der Waals surface area contributed by atoms with Crippen molar-refractivity contribution >= 4 is 17.7 Å². The fourth-order valence-corrected chi connectivity index (χ4v) is 6.29. The molecule has 0 spiro atoms. The molecule has 1 unspecified atom stereocenters. The zero-order valence-electron chi connectivity index (χ0n) is 22.3. The predicted octanol–water partition coefficient (Wildman–Crippen LogP) is 3.28. The minimum atomic E-state index is -0.983. The van der Waals surface area contributed by atoms with E-state index in [0.717, 1.165) is 56.9 Å². The number of likely N-dealkylation sites (tertiary alicyclic amines) is 1. The molecule has 1 aliphatic heterocycles. The van der Waals surface area contributed by atoms with Crippen LogP contribution in [0.5, 0.6) is 17.2 Å². The summed E-state index contributed by atoms with van der Waals surface area (Å²) >= 11 is 0. The van der Waals surface area contributed by atoms with Gasteiger partial charge in [0.05, 0.1) is 27.2 Å². The van der Waals surface area contributed by atoms with Crippen LogP contribution in [0.25, 0.3) is 0 Å². The Bertz CT molecular complexity index is 977. The molecule has 9 heteroatoms. The number of piperidine rings is 1. The van der Waals surface area contributed by atoms with E-state index in [0.29, 0.717) is 43.1 Å². The van der Waals surface area contributed by atoms with Crippen LogP contribution in [-0.2, 0) is 14.4 Å². The molecule has 3 N–H and O–H groups in total. The van der Waals surface area contributed by atoms with Crippen LogP contribution in [0.1, 0.15) is 82.1 Å². The lowest BCUT2D eigenvalue weighted by molar-refractivity contribution is -0.147. The van der Waals surface area contributed by atoms with E-state index in [1.807, 2.05) is 12.1 Å². The number of nitrogens with two attached hydrogens (primary N) is 1. The molecule has 0 bridgehead atoms. The second-order valence-corrected chi connectivity index (χ2v) is 10.7. The third-order valence-electron chi connectivity index (χ3n) is 8.56. The summed E-state index contributed by atoms with van der Waals surface area (Å²) in [5.74, 6) is 0.379. The van der Waals surface area contributed by atoms with Crippen LogP contribution in [0.2, 0.25) is 0 Å². The Morgan fingerprint density at radius 3 is 2.05 bits per heavy atom. The van der Waals surface area contributed by atoms with Crippen LogP contribution in [0, 0.1) is 5.92 Å². The Balaban J connectivity index is 1.68. The molecule has 2 aliphatic carbocycles. The van der Waals surface area contributed by atoms with E-state index in [4.69, 9.17) is 19.9 Å². The van der Waals surface area contributed by atoms with E-state index in [1.165, 1.54) is 0 Å². The molecule has 3 amide bonds. The number of ether oxygens (including phenoxy) is 3. The smallest absolute Gasteiger partial charge is 0.243 e. The van der Waals surface area contributed by atoms with Crippen molar-refractivity contribution in [1.29, 1.82) is 0 Å².